The number of aromatic nitrogens is 4. The van der Waals surface area contributed by atoms with Crippen LogP contribution in [0.2, 0.25) is 0 Å². The number of likely N-dealkylation sites (tertiary alicyclic amines) is 1. The molecule has 1 unspecified atom stereocenters. The van der Waals surface area contributed by atoms with Crippen LogP contribution in [-0.2, 0) is 11.3 Å². The van der Waals surface area contributed by atoms with Gasteiger partial charge in [-0.15, -0.1) is 0 Å². The zero-order valence-electron chi connectivity index (χ0n) is 16.1. The first-order chi connectivity index (χ1) is 14.1. The van der Waals surface area contributed by atoms with E-state index in [1.807, 2.05) is 48.2 Å². The molecule has 5 rings (SSSR count). The first kappa shape index (κ1) is 17.6. The Morgan fingerprint density at radius 3 is 2.93 bits per heavy atom. The largest absolute Gasteiger partial charge is 0.340 e. The minimum absolute atomic E-state index is 0.0214. The topological polar surface area (TPSA) is 83.9 Å². The van der Waals surface area contributed by atoms with Gasteiger partial charge in [-0.05, 0) is 43.5 Å². The van der Waals surface area contributed by atoms with E-state index in [0.29, 0.717) is 17.4 Å². The maximum atomic E-state index is 13.1. The van der Waals surface area contributed by atoms with Gasteiger partial charge in [0.1, 0.15) is 12.4 Å². The van der Waals surface area contributed by atoms with Crippen molar-refractivity contribution in [3.8, 4) is 0 Å². The van der Waals surface area contributed by atoms with E-state index < -0.39 is 0 Å². The number of rotatable bonds is 3. The van der Waals surface area contributed by atoms with Crippen molar-refractivity contribution in [2.75, 3.05) is 6.54 Å². The predicted octanol–water partition coefficient (Wildman–Crippen LogP) is 2.94. The van der Waals surface area contributed by atoms with Crippen LogP contribution in [0.5, 0.6) is 0 Å². The normalized spacial score (nSPS) is 16.7. The van der Waals surface area contributed by atoms with Gasteiger partial charge in [0, 0.05) is 6.54 Å². The van der Waals surface area contributed by atoms with E-state index in [-0.39, 0.29) is 24.1 Å². The number of fused-ring (bicyclic) bond motifs is 2. The summed E-state index contributed by atoms with van der Waals surface area (Å²) in [4.78, 5) is 40.1. The van der Waals surface area contributed by atoms with Crippen LogP contribution in [0.1, 0.15) is 30.3 Å². The Bertz CT molecular complexity index is 1260. The third kappa shape index (κ3) is 2.99. The van der Waals surface area contributed by atoms with Crippen molar-refractivity contribution in [3.63, 3.8) is 0 Å². The molecule has 1 fully saturated rings. The number of nitrogens with one attached hydrogen (secondary N) is 1. The number of carbonyl (C=O) groups excluding carboxylic acids is 1. The van der Waals surface area contributed by atoms with Crippen molar-refractivity contribution in [1.29, 1.82) is 0 Å². The average Bonchev–Trinajstić information content (AvgIpc) is 3.37. The van der Waals surface area contributed by atoms with Crippen LogP contribution < -0.4 is 5.56 Å². The summed E-state index contributed by atoms with van der Waals surface area (Å²) in [6.07, 6.45) is 3.25. The molecule has 29 heavy (non-hydrogen) atoms. The van der Waals surface area contributed by atoms with Gasteiger partial charge in [0.05, 0.1) is 34.3 Å². The first-order valence-corrected chi connectivity index (χ1v) is 9.81. The third-order valence-corrected chi connectivity index (χ3v) is 5.66. The number of aromatic amines is 1. The van der Waals surface area contributed by atoms with Crippen LogP contribution >= 0.6 is 0 Å². The lowest BCUT2D eigenvalue weighted by Crippen LogP contribution is -2.36. The van der Waals surface area contributed by atoms with Crippen molar-refractivity contribution < 1.29 is 4.79 Å². The third-order valence-electron chi connectivity index (χ3n) is 5.66. The Hall–Kier alpha value is -3.48. The Morgan fingerprint density at radius 2 is 2.07 bits per heavy atom. The minimum Gasteiger partial charge on any atom is -0.340 e. The van der Waals surface area contributed by atoms with Crippen LogP contribution in [-0.4, -0.2) is 36.9 Å². The van der Waals surface area contributed by atoms with Gasteiger partial charge in [0.15, 0.2) is 0 Å². The van der Waals surface area contributed by atoms with E-state index >= 15 is 0 Å². The van der Waals surface area contributed by atoms with Gasteiger partial charge in [-0.1, -0.05) is 24.3 Å². The predicted molar refractivity (Wildman–Crippen MR) is 111 cm³/mol. The molecule has 2 aromatic carbocycles. The summed E-state index contributed by atoms with van der Waals surface area (Å²) in [5.41, 5.74) is 3.30. The molecule has 1 N–H and O–H groups in total. The molecular weight excluding hydrogens is 366 g/mol. The quantitative estimate of drug-likeness (QED) is 0.586. The molecule has 0 radical (unpaired) electrons. The molecule has 1 aliphatic heterocycles. The number of amides is 1. The molecule has 146 valence electrons. The van der Waals surface area contributed by atoms with Crippen LogP contribution in [0.15, 0.2) is 53.6 Å². The SMILES string of the molecule is Cc1cccc2c(=O)n(CC(=O)N3CCCC3c3nc4ccccc4[nH]3)cnc12. The van der Waals surface area contributed by atoms with Gasteiger partial charge in [-0.2, -0.15) is 0 Å². The van der Waals surface area contributed by atoms with Crippen molar-refractivity contribution in [3.05, 3.63) is 70.5 Å². The van der Waals surface area contributed by atoms with Crippen molar-refractivity contribution in [2.24, 2.45) is 0 Å². The Kier molecular flexibility index (Phi) is 4.16. The summed E-state index contributed by atoms with van der Waals surface area (Å²) >= 11 is 0. The van der Waals surface area contributed by atoms with Gasteiger partial charge < -0.3 is 9.88 Å². The molecule has 0 saturated carbocycles. The van der Waals surface area contributed by atoms with E-state index in [1.165, 1.54) is 10.9 Å². The number of para-hydroxylation sites is 3. The molecule has 4 aromatic rings. The van der Waals surface area contributed by atoms with Crippen LogP contribution in [0, 0.1) is 6.92 Å². The number of hydrogen-bond donors (Lipinski definition) is 1. The number of hydrogen-bond acceptors (Lipinski definition) is 4. The van der Waals surface area contributed by atoms with Crippen LogP contribution in [0.3, 0.4) is 0 Å². The van der Waals surface area contributed by atoms with Crippen LogP contribution in [0.25, 0.3) is 21.9 Å². The molecule has 7 heteroatoms. The van der Waals surface area contributed by atoms with Gasteiger partial charge >= 0.3 is 0 Å². The Labute approximate surface area is 167 Å². The molecule has 2 aromatic heterocycles. The molecule has 1 saturated heterocycles. The molecule has 0 spiro atoms. The van der Waals surface area contributed by atoms with E-state index in [0.717, 1.165) is 35.3 Å². The van der Waals surface area contributed by atoms with Crippen molar-refractivity contribution >= 4 is 27.8 Å². The van der Waals surface area contributed by atoms with Gasteiger partial charge in [0.25, 0.3) is 5.56 Å². The number of nitrogens with zero attached hydrogens (tertiary/aromatic N) is 4. The molecule has 0 bridgehead atoms. The molecule has 1 atom stereocenters. The number of benzene rings is 2. The highest BCUT2D eigenvalue weighted by molar-refractivity contribution is 5.81. The number of aryl methyl sites for hydroxylation is 1. The summed E-state index contributed by atoms with van der Waals surface area (Å²) < 4.78 is 1.40. The number of H-pyrrole nitrogens is 1. The smallest absolute Gasteiger partial charge is 0.261 e. The van der Waals surface area contributed by atoms with E-state index in [9.17, 15) is 9.59 Å². The van der Waals surface area contributed by atoms with Gasteiger partial charge in [-0.25, -0.2) is 9.97 Å². The highest BCUT2D eigenvalue weighted by atomic mass is 16.2. The molecule has 1 aliphatic rings. The van der Waals surface area contributed by atoms with Gasteiger partial charge in [-0.3, -0.25) is 14.2 Å². The monoisotopic (exact) mass is 387 g/mol. The number of carbonyl (C=O) groups is 1. The Balaban J connectivity index is 1.43. The van der Waals surface area contributed by atoms with Crippen LogP contribution in [0.4, 0.5) is 0 Å². The summed E-state index contributed by atoms with van der Waals surface area (Å²) in [6.45, 7) is 2.56. The highest BCUT2D eigenvalue weighted by Crippen LogP contribution is 2.31. The van der Waals surface area contributed by atoms with E-state index in [4.69, 9.17) is 0 Å². The number of imidazole rings is 1. The first-order valence-electron chi connectivity index (χ1n) is 9.81. The van der Waals surface area contributed by atoms with Crippen molar-refractivity contribution in [2.45, 2.75) is 32.4 Å². The maximum Gasteiger partial charge on any atom is 0.261 e. The minimum atomic E-state index is -0.188. The lowest BCUT2D eigenvalue weighted by Gasteiger charge is -2.23. The molecular formula is C22H21N5O2. The zero-order chi connectivity index (χ0) is 20.0. The summed E-state index contributed by atoms with van der Waals surface area (Å²) in [6, 6.07) is 13.3. The fourth-order valence-electron chi connectivity index (χ4n) is 4.17. The lowest BCUT2D eigenvalue weighted by molar-refractivity contribution is -0.133. The molecule has 3 heterocycles. The second-order valence-corrected chi connectivity index (χ2v) is 7.53. The summed E-state index contributed by atoms with van der Waals surface area (Å²) in [5.74, 6) is 0.709. The maximum absolute atomic E-state index is 13.1. The van der Waals surface area contributed by atoms with Gasteiger partial charge in [0.2, 0.25) is 5.91 Å². The lowest BCUT2D eigenvalue weighted by atomic mass is 10.1. The van der Waals surface area contributed by atoms with E-state index in [1.54, 1.807) is 6.07 Å². The summed E-state index contributed by atoms with van der Waals surface area (Å²) in [7, 11) is 0. The molecule has 1 amide bonds. The molecule has 7 nitrogen and oxygen atoms in total. The standard InChI is InChI=1S/C22H21N5O2/c1-14-6-4-7-15-20(14)23-13-26(22(15)29)12-19(28)27-11-5-10-18(27)21-24-16-8-2-3-9-17(16)25-21/h2-4,6-9,13,18H,5,10-12H2,1H3,(H,24,25). The molecule has 0 aliphatic carbocycles. The fourth-order valence-corrected chi connectivity index (χ4v) is 4.17. The van der Waals surface area contributed by atoms with Crippen molar-refractivity contribution in [1.82, 2.24) is 24.4 Å². The second-order valence-electron chi connectivity index (χ2n) is 7.53. The summed E-state index contributed by atoms with van der Waals surface area (Å²) in [5, 5.41) is 0.538. The Morgan fingerprint density at radius 1 is 1.21 bits per heavy atom. The zero-order valence-corrected chi connectivity index (χ0v) is 16.1. The second kappa shape index (κ2) is 6.84. The fraction of sp³-hybridized carbons (Fsp3) is 0.273. The van der Waals surface area contributed by atoms with E-state index in [2.05, 4.69) is 15.0 Å². The highest BCUT2D eigenvalue weighted by Gasteiger charge is 2.32. The average molecular weight is 387 g/mol.